The summed E-state index contributed by atoms with van der Waals surface area (Å²) >= 11 is 0. The molecule has 0 bridgehead atoms. The SMILES string of the molecule is [2H]CC(C)(C)OC(=O)N[C@@H](COCc1ccccc1)C(=O)O. The number of rotatable bonds is 6. The van der Waals surface area contributed by atoms with Crippen molar-refractivity contribution in [2.24, 2.45) is 0 Å². The Morgan fingerprint density at radius 1 is 1.38 bits per heavy atom. The second-order valence-electron chi connectivity index (χ2n) is 5.19. The van der Waals surface area contributed by atoms with Gasteiger partial charge in [-0.2, -0.15) is 0 Å². The fourth-order valence-corrected chi connectivity index (χ4v) is 1.47. The van der Waals surface area contributed by atoms with Crippen LogP contribution in [0, 0.1) is 0 Å². The van der Waals surface area contributed by atoms with Crippen molar-refractivity contribution in [2.75, 3.05) is 6.61 Å². The van der Waals surface area contributed by atoms with E-state index < -0.39 is 23.7 Å². The van der Waals surface area contributed by atoms with Crippen LogP contribution in [0.3, 0.4) is 0 Å². The molecule has 1 rings (SSSR count). The van der Waals surface area contributed by atoms with Gasteiger partial charge in [0.15, 0.2) is 6.04 Å². The first-order chi connectivity index (χ1) is 10.3. The number of carboxylic acids is 1. The lowest BCUT2D eigenvalue weighted by molar-refractivity contribution is -0.141. The fourth-order valence-electron chi connectivity index (χ4n) is 1.47. The largest absolute Gasteiger partial charge is 0.480 e. The number of carboxylic acid groups (broad SMARTS) is 1. The van der Waals surface area contributed by atoms with Gasteiger partial charge < -0.3 is 19.9 Å². The monoisotopic (exact) mass is 296 g/mol. The number of alkyl carbamates (subject to hydrolysis) is 1. The molecule has 21 heavy (non-hydrogen) atoms. The van der Waals surface area contributed by atoms with Crippen LogP contribution in [0.2, 0.25) is 0 Å². The van der Waals surface area contributed by atoms with E-state index in [1.807, 2.05) is 30.3 Å². The van der Waals surface area contributed by atoms with E-state index in [-0.39, 0.29) is 20.1 Å². The van der Waals surface area contributed by atoms with Crippen LogP contribution in [0.15, 0.2) is 30.3 Å². The third-order valence-electron chi connectivity index (χ3n) is 2.36. The van der Waals surface area contributed by atoms with Crippen molar-refractivity contribution in [1.29, 1.82) is 0 Å². The van der Waals surface area contributed by atoms with Gasteiger partial charge in [0, 0.05) is 1.37 Å². The van der Waals surface area contributed by atoms with Gasteiger partial charge in [-0.1, -0.05) is 30.3 Å². The number of hydrogen-bond donors (Lipinski definition) is 2. The summed E-state index contributed by atoms with van der Waals surface area (Å²) in [5.41, 5.74) is -0.0672. The molecule has 0 aliphatic heterocycles. The maximum Gasteiger partial charge on any atom is 0.408 e. The summed E-state index contributed by atoms with van der Waals surface area (Å²) < 4.78 is 17.5. The van der Waals surface area contributed by atoms with Crippen molar-refractivity contribution in [3.63, 3.8) is 0 Å². The van der Waals surface area contributed by atoms with Crippen LogP contribution in [-0.4, -0.2) is 35.4 Å². The third-order valence-corrected chi connectivity index (χ3v) is 2.36. The van der Waals surface area contributed by atoms with Crippen molar-refractivity contribution in [3.8, 4) is 0 Å². The van der Waals surface area contributed by atoms with Gasteiger partial charge in [0.1, 0.15) is 5.60 Å². The van der Waals surface area contributed by atoms with Crippen LogP contribution in [0.1, 0.15) is 27.7 Å². The fraction of sp³-hybridized carbons (Fsp3) is 0.467. The molecule has 1 aromatic rings. The van der Waals surface area contributed by atoms with E-state index in [1.165, 1.54) is 0 Å². The molecular weight excluding hydrogens is 274 g/mol. The third kappa shape index (κ3) is 7.31. The molecule has 116 valence electrons. The second-order valence-corrected chi connectivity index (χ2v) is 5.19. The Morgan fingerprint density at radius 3 is 2.62 bits per heavy atom. The predicted molar refractivity (Wildman–Crippen MR) is 76.9 cm³/mol. The molecule has 0 saturated carbocycles. The zero-order valence-electron chi connectivity index (χ0n) is 13.2. The Balaban J connectivity index is 2.45. The molecule has 0 aromatic heterocycles. The number of ether oxygens (including phenoxy) is 2. The molecule has 1 amide bonds. The lowest BCUT2D eigenvalue weighted by atomic mass is 10.2. The molecule has 0 saturated heterocycles. The molecule has 1 atom stereocenters. The number of amides is 1. The first-order valence-corrected chi connectivity index (χ1v) is 6.47. The smallest absolute Gasteiger partial charge is 0.408 e. The normalized spacial score (nSPS) is 13.1. The minimum atomic E-state index is -1.21. The van der Waals surface area contributed by atoms with E-state index >= 15 is 0 Å². The maximum absolute atomic E-state index is 11.6. The molecule has 0 aliphatic carbocycles. The highest BCUT2D eigenvalue weighted by Crippen LogP contribution is 2.07. The summed E-state index contributed by atoms with van der Waals surface area (Å²) in [6, 6.07) is 8.08. The average Bonchev–Trinajstić information content (AvgIpc) is 2.46. The zero-order valence-corrected chi connectivity index (χ0v) is 12.2. The highest BCUT2D eigenvalue weighted by Gasteiger charge is 2.24. The van der Waals surface area contributed by atoms with Crippen LogP contribution in [0.4, 0.5) is 4.79 Å². The van der Waals surface area contributed by atoms with E-state index in [9.17, 15) is 9.59 Å². The highest BCUT2D eigenvalue weighted by atomic mass is 16.6. The van der Waals surface area contributed by atoms with Crippen molar-refractivity contribution in [1.82, 2.24) is 5.32 Å². The topological polar surface area (TPSA) is 84.9 Å². The van der Waals surface area contributed by atoms with Gasteiger partial charge in [-0.25, -0.2) is 9.59 Å². The van der Waals surface area contributed by atoms with Crippen molar-refractivity contribution >= 4 is 12.1 Å². The number of nitrogens with one attached hydrogen (secondary N) is 1. The number of aliphatic carboxylic acids is 1. The highest BCUT2D eigenvalue weighted by molar-refractivity contribution is 5.80. The summed E-state index contributed by atoms with van der Waals surface area (Å²) in [4.78, 5) is 22.8. The molecule has 0 fully saturated rings. The zero-order chi connectivity index (χ0) is 16.6. The molecule has 0 aliphatic rings. The van der Waals surface area contributed by atoms with Gasteiger partial charge in [0.25, 0.3) is 0 Å². The first-order valence-electron chi connectivity index (χ1n) is 7.18. The molecule has 2 N–H and O–H groups in total. The first kappa shape index (κ1) is 15.3. The number of hydrogen-bond acceptors (Lipinski definition) is 4. The molecular formula is C15H21NO5. The summed E-state index contributed by atoms with van der Waals surface area (Å²) in [5.74, 6) is -1.21. The van der Waals surface area contributed by atoms with Crippen LogP contribution in [0.5, 0.6) is 0 Å². The average molecular weight is 296 g/mol. The molecule has 0 spiro atoms. The number of carbonyl (C=O) groups is 2. The van der Waals surface area contributed by atoms with Crippen molar-refractivity contribution in [2.45, 2.75) is 39.0 Å². The molecule has 0 unspecified atom stereocenters. The molecule has 1 aromatic carbocycles. The Hall–Kier alpha value is -2.08. The van der Waals surface area contributed by atoms with Crippen LogP contribution in [0.25, 0.3) is 0 Å². The van der Waals surface area contributed by atoms with Crippen LogP contribution < -0.4 is 5.32 Å². The Morgan fingerprint density at radius 2 is 2.05 bits per heavy atom. The van der Waals surface area contributed by atoms with Crippen LogP contribution in [-0.2, 0) is 20.9 Å². The summed E-state index contributed by atoms with van der Waals surface area (Å²) in [5, 5.41) is 11.3. The Labute approximate surface area is 125 Å². The van der Waals surface area contributed by atoms with E-state index in [0.29, 0.717) is 0 Å². The van der Waals surface area contributed by atoms with E-state index in [2.05, 4.69) is 5.32 Å². The summed E-state index contributed by atoms with van der Waals surface area (Å²) in [7, 11) is 0. The van der Waals surface area contributed by atoms with Gasteiger partial charge in [-0.15, -0.1) is 0 Å². The molecule has 0 heterocycles. The molecule has 6 nitrogen and oxygen atoms in total. The van der Waals surface area contributed by atoms with Gasteiger partial charge in [0.2, 0.25) is 0 Å². The minimum Gasteiger partial charge on any atom is -0.480 e. The van der Waals surface area contributed by atoms with E-state index in [4.69, 9.17) is 16.0 Å². The van der Waals surface area contributed by atoms with E-state index in [1.54, 1.807) is 13.8 Å². The van der Waals surface area contributed by atoms with Gasteiger partial charge >= 0.3 is 12.1 Å². The summed E-state index contributed by atoms with van der Waals surface area (Å²) in [6.07, 6.45) is -0.882. The van der Waals surface area contributed by atoms with Crippen LogP contribution >= 0.6 is 0 Å². The standard InChI is InChI=1S/C15H21NO5/c1-15(2,3)21-14(19)16-12(13(17)18)10-20-9-11-7-5-4-6-8-11/h4-8,12H,9-10H2,1-3H3,(H,16,19)(H,17,18)/t12-/m0/s1/i1D. The molecule has 0 radical (unpaired) electrons. The summed E-state index contributed by atoms with van der Waals surface area (Å²) in [6.45, 7) is 3.09. The van der Waals surface area contributed by atoms with Gasteiger partial charge in [0.05, 0.1) is 13.2 Å². The lowest BCUT2D eigenvalue weighted by Crippen LogP contribution is -2.46. The van der Waals surface area contributed by atoms with Gasteiger partial charge in [-0.3, -0.25) is 0 Å². The minimum absolute atomic E-state index is 0.122. The second kappa shape index (κ2) is 7.64. The number of carbonyl (C=O) groups excluding carboxylic acids is 1. The van der Waals surface area contributed by atoms with Crippen molar-refractivity contribution < 1.29 is 25.5 Å². The molecule has 6 heteroatoms. The Kier molecular flexibility index (Phi) is 5.57. The number of benzene rings is 1. The lowest BCUT2D eigenvalue weighted by Gasteiger charge is -2.22. The van der Waals surface area contributed by atoms with E-state index in [0.717, 1.165) is 5.56 Å². The quantitative estimate of drug-likeness (QED) is 0.840. The predicted octanol–water partition coefficient (Wildman–Crippen LogP) is 2.18. The van der Waals surface area contributed by atoms with Crippen molar-refractivity contribution in [3.05, 3.63) is 35.9 Å². The van der Waals surface area contributed by atoms with Gasteiger partial charge in [-0.05, 0) is 26.3 Å². The Bertz CT molecular complexity index is 492. The maximum atomic E-state index is 11.6.